The van der Waals surface area contributed by atoms with E-state index in [9.17, 15) is 9.59 Å². The van der Waals surface area contributed by atoms with Gasteiger partial charge in [0.25, 0.3) is 0 Å². The molecule has 0 bridgehead atoms. The SMILES string of the molecule is CCC(CC)CN1C(=O)C2(CCCC2)NC(=O)CC1C. The third kappa shape index (κ3) is 2.84. The topological polar surface area (TPSA) is 49.4 Å². The largest absolute Gasteiger partial charge is 0.342 e. The highest BCUT2D eigenvalue weighted by molar-refractivity contribution is 5.94. The fourth-order valence-corrected chi connectivity index (χ4v) is 3.63. The van der Waals surface area contributed by atoms with Crippen molar-refractivity contribution >= 4 is 11.8 Å². The lowest BCUT2D eigenvalue weighted by Crippen LogP contribution is -2.56. The predicted molar refractivity (Wildman–Crippen MR) is 79.2 cm³/mol. The third-order valence-electron chi connectivity index (χ3n) is 5.13. The second kappa shape index (κ2) is 6.15. The van der Waals surface area contributed by atoms with Crippen LogP contribution in [0.3, 0.4) is 0 Å². The van der Waals surface area contributed by atoms with Crippen LogP contribution in [0.2, 0.25) is 0 Å². The summed E-state index contributed by atoms with van der Waals surface area (Å²) in [4.78, 5) is 27.1. The van der Waals surface area contributed by atoms with Crippen molar-refractivity contribution in [1.29, 1.82) is 0 Å². The Bertz CT molecular complexity index is 371. The Balaban J connectivity index is 2.23. The summed E-state index contributed by atoms with van der Waals surface area (Å²) in [5.41, 5.74) is -0.589. The van der Waals surface area contributed by atoms with Crippen molar-refractivity contribution in [2.45, 2.75) is 77.3 Å². The van der Waals surface area contributed by atoms with Crippen molar-refractivity contribution in [3.8, 4) is 0 Å². The second-order valence-electron chi connectivity index (χ2n) is 6.53. The van der Waals surface area contributed by atoms with Crippen LogP contribution in [0.4, 0.5) is 0 Å². The van der Waals surface area contributed by atoms with Gasteiger partial charge in [0.15, 0.2) is 0 Å². The van der Waals surface area contributed by atoms with Crippen molar-refractivity contribution in [3.63, 3.8) is 0 Å². The Hall–Kier alpha value is -1.06. The van der Waals surface area contributed by atoms with Gasteiger partial charge < -0.3 is 10.2 Å². The van der Waals surface area contributed by atoms with Gasteiger partial charge in [-0.05, 0) is 25.7 Å². The monoisotopic (exact) mass is 280 g/mol. The van der Waals surface area contributed by atoms with Crippen LogP contribution in [-0.2, 0) is 9.59 Å². The van der Waals surface area contributed by atoms with E-state index in [1.165, 1.54) is 0 Å². The molecule has 1 spiro atoms. The zero-order chi connectivity index (χ0) is 14.8. The van der Waals surface area contributed by atoms with Gasteiger partial charge in [-0.2, -0.15) is 0 Å². The highest BCUT2D eigenvalue weighted by Crippen LogP contribution is 2.34. The molecule has 114 valence electrons. The fraction of sp³-hybridized carbons (Fsp3) is 0.875. The predicted octanol–water partition coefficient (Wildman–Crippen LogP) is 2.47. The van der Waals surface area contributed by atoms with Crippen molar-refractivity contribution < 1.29 is 9.59 Å². The van der Waals surface area contributed by atoms with Crippen LogP contribution in [-0.4, -0.2) is 34.8 Å². The molecule has 4 heteroatoms. The molecule has 2 aliphatic rings. The molecule has 1 heterocycles. The summed E-state index contributed by atoms with van der Waals surface area (Å²) in [7, 11) is 0. The lowest BCUT2D eigenvalue weighted by Gasteiger charge is -2.36. The van der Waals surface area contributed by atoms with Gasteiger partial charge in [0, 0.05) is 19.0 Å². The molecular formula is C16H28N2O2. The minimum Gasteiger partial charge on any atom is -0.342 e. The van der Waals surface area contributed by atoms with Gasteiger partial charge in [-0.3, -0.25) is 9.59 Å². The molecule has 1 saturated carbocycles. The molecule has 1 unspecified atom stereocenters. The van der Waals surface area contributed by atoms with Gasteiger partial charge in [-0.1, -0.05) is 39.5 Å². The van der Waals surface area contributed by atoms with Crippen LogP contribution in [0.1, 0.15) is 65.7 Å². The molecule has 20 heavy (non-hydrogen) atoms. The van der Waals surface area contributed by atoms with E-state index in [1.807, 2.05) is 11.8 Å². The smallest absolute Gasteiger partial charge is 0.248 e. The van der Waals surface area contributed by atoms with Crippen molar-refractivity contribution in [1.82, 2.24) is 10.2 Å². The minimum absolute atomic E-state index is 0.0167. The molecule has 2 amide bonds. The molecule has 1 atom stereocenters. The molecule has 2 fully saturated rings. The molecule has 0 radical (unpaired) electrons. The number of nitrogens with one attached hydrogen (secondary N) is 1. The Labute approximate surface area is 122 Å². The van der Waals surface area contributed by atoms with Crippen LogP contribution in [0.25, 0.3) is 0 Å². The van der Waals surface area contributed by atoms with Crippen LogP contribution < -0.4 is 5.32 Å². The van der Waals surface area contributed by atoms with E-state index >= 15 is 0 Å². The fourth-order valence-electron chi connectivity index (χ4n) is 3.63. The highest BCUT2D eigenvalue weighted by atomic mass is 16.2. The van der Waals surface area contributed by atoms with Gasteiger partial charge in [0.2, 0.25) is 11.8 Å². The van der Waals surface area contributed by atoms with E-state index in [2.05, 4.69) is 19.2 Å². The molecule has 0 aromatic rings. The van der Waals surface area contributed by atoms with Crippen molar-refractivity contribution in [2.24, 2.45) is 5.92 Å². The van der Waals surface area contributed by atoms with E-state index < -0.39 is 5.54 Å². The maximum Gasteiger partial charge on any atom is 0.248 e. The summed E-state index contributed by atoms with van der Waals surface area (Å²) in [6.07, 6.45) is 6.31. The number of carbonyl (C=O) groups excluding carboxylic acids is 2. The first-order valence-corrected chi connectivity index (χ1v) is 8.14. The number of nitrogens with zero attached hydrogens (tertiary/aromatic N) is 1. The quantitative estimate of drug-likeness (QED) is 0.860. The molecular weight excluding hydrogens is 252 g/mol. The minimum atomic E-state index is -0.589. The van der Waals surface area contributed by atoms with Crippen LogP contribution >= 0.6 is 0 Å². The number of hydrogen-bond acceptors (Lipinski definition) is 2. The first-order chi connectivity index (χ1) is 9.52. The molecule has 1 N–H and O–H groups in total. The van der Waals surface area contributed by atoms with Gasteiger partial charge in [-0.25, -0.2) is 0 Å². The van der Waals surface area contributed by atoms with Crippen molar-refractivity contribution in [3.05, 3.63) is 0 Å². The van der Waals surface area contributed by atoms with Gasteiger partial charge in [0.05, 0.1) is 0 Å². The number of hydrogen-bond donors (Lipinski definition) is 1. The zero-order valence-electron chi connectivity index (χ0n) is 13.1. The summed E-state index contributed by atoms with van der Waals surface area (Å²) < 4.78 is 0. The highest BCUT2D eigenvalue weighted by Gasteiger charge is 2.48. The zero-order valence-corrected chi connectivity index (χ0v) is 13.1. The number of amides is 2. The van der Waals surface area contributed by atoms with E-state index in [-0.39, 0.29) is 17.9 Å². The summed E-state index contributed by atoms with van der Waals surface area (Å²) in [6.45, 7) is 7.16. The molecule has 2 rings (SSSR count). The normalized spacial score (nSPS) is 26.2. The Morgan fingerprint density at radius 3 is 2.40 bits per heavy atom. The first kappa shape index (κ1) is 15.3. The Kier molecular flexibility index (Phi) is 4.71. The number of rotatable bonds is 4. The maximum absolute atomic E-state index is 13.0. The lowest BCUT2D eigenvalue weighted by molar-refractivity contribution is -0.140. The van der Waals surface area contributed by atoms with E-state index in [0.717, 1.165) is 45.1 Å². The summed E-state index contributed by atoms with van der Waals surface area (Å²) >= 11 is 0. The summed E-state index contributed by atoms with van der Waals surface area (Å²) in [5, 5.41) is 3.04. The van der Waals surface area contributed by atoms with Gasteiger partial charge in [0.1, 0.15) is 5.54 Å². The molecule has 1 aliphatic heterocycles. The van der Waals surface area contributed by atoms with Crippen LogP contribution in [0, 0.1) is 5.92 Å². The standard InChI is InChI=1S/C16H28N2O2/c1-4-13(5-2)11-18-12(3)10-14(19)17-16(15(18)20)8-6-7-9-16/h12-13H,4-11H2,1-3H3,(H,17,19). The van der Waals surface area contributed by atoms with E-state index in [4.69, 9.17) is 0 Å². The van der Waals surface area contributed by atoms with Crippen molar-refractivity contribution in [2.75, 3.05) is 6.54 Å². The van der Waals surface area contributed by atoms with Crippen LogP contribution in [0.15, 0.2) is 0 Å². The molecule has 0 aromatic carbocycles. The summed E-state index contributed by atoms with van der Waals surface area (Å²) in [6, 6.07) is 0.0167. The summed E-state index contributed by atoms with van der Waals surface area (Å²) in [5.74, 6) is 0.744. The van der Waals surface area contributed by atoms with Gasteiger partial charge in [-0.15, -0.1) is 0 Å². The average Bonchev–Trinajstić information content (AvgIpc) is 2.85. The number of carbonyl (C=O) groups is 2. The molecule has 1 saturated heterocycles. The Morgan fingerprint density at radius 1 is 1.25 bits per heavy atom. The molecule has 0 aromatic heterocycles. The average molecular weight is 280 g/mol. The lowest BCUT2D eigenvalue weighted by atomic mass is 9.94. The van der Waals surface area contributed by atoms with E-state index in [0.29, 0.717) is 12.3 Å². The maximum atomic E-state index is 13.0. The second-order valence-corrected chi connectivity index (χ2v) is 6.53. The molecule has 1 aliphatic carbocycles. The first-order valence-electron chi connectivity index (χ1n) is 8.14. The van der Waals surface area contributed by atoms with Crippen LogP contribution in [0.5, 0.6) is 0 Å². The van der Waals surface area contributed by atoms with E-state index in [1.54, 1.807) is 0 Å². The molecule has 4 nitrogen and oxygen atoms in total. The van der Waals surface area contributed by atoms with Gasteiger partial charge >= 0.3 is 0 Å². The Morgan fingerprint density at radius 2 is 1.85 bits per heavy atom. The third-order valence-corrected chi connectivity index (χ3v) is 5.13.